The van der Waals surface area contributed by atoms with Gasteiger partial charge in [-0.2, -0.15) is 0 Å². The molecule has 4 aromatic rings. The lowest BCUT2D eigenvalue weighted by atomic mass is 9.98. The van der Waals surface area contributed by atoms with Gasteiger partial charge in [0.2, 0.25) is 6.41 Å². The SMILES string of the molecule is Cc1cc2c(n1CCN(C=O)c1nccc(-c3cc(Nc4cnc(N5CCN(C6COC6)CC5)cn4)c(=O)n(C)c3)c1CO)CCCC2. The van der Waals surface area contributed by atoms with Gasteiger partial charge in [0.05, 0.1) is 38.3 Å². The van der Waals surface area contributed by atoms with Crippen molar-refractivity contribution < 1.29 is 14.6 Å². The van der Waals surface area contributed by atoms with Crippen LogP contribution in [0.3, 0.4) is 0 Å². The van der Waals surface area contributed by atoms with Gasteiger partial charge in [0.1, 0.15) is 23.1 Å². The number of amides is 1. The molecule has 6 heterocycles. The highest BCUT2D eigenvalue weighted by molar-refractivity contribution is 5.81. The van der Waals surface area contributed by atoms with E-state index in [2.05, 4.69) is 47.6 Å². The average Bonchev–Trinajstić information content (AvgIpc) is 3.41. The summed E-state index contributed by atoms with van der Waals surface area (Å²) in [5.74, 6) is 1.65. The van der Waals surface area contributed by atoms with Crippen molar-refractivity contribution in [1.82, 2.24) is 29.0 Å². The first-order valence-corrected chi connectivity index (χ1v) is 16.8. The Balaban J connectivity index is 1.09. The van der Waals surface area contributed by atoms with Gasteiger partial charge in [0.25, 0.3) is 5.56 Å². The number of hydrogen-bond donors (Lipinski definition) is 2. The summed E-state index contributed by atoms with van der Waals surface area (Å²) in [5.41, 5.74) is 5.91. The molecule has 3 aliphatic rings. The Morgan fingerprint density at radius 3 is 2.60 bits per heavy atom. The van der Waals surface area contributed by atoms with Crippen LogP contribution in [0.25, 0.3) is 11.1 Å². The first kappa shape index (κ1) is 32.0. The number of rotatable bonds is 11. The van der Waals surface area contributed by atoms with Crippen LogP contribution in [0.5, 0.6) is 0 Å². The fourth-order valence-electron chi connectivity index (χ4n) is 7.19. The van der Waals surface area contributed by atoms with Gasteiger partial charge in [-0.25, -0.2) is 15.0 Å². The first-order chi connectivity index (χ1) is 23.4. The molecule has 2 fully saturated rings. The number of aromatic nitrogens is 5. The largest absolute Gasteiger partial charge is 0.392 e. The highest BCUT2D eigenvalue weighted by Gasteiger charge is 2.29. The van der Waals surface area contributed by atoms with Crippen LogP contribution in [0.4, 0.5) is 23.1 Å². The second kappa shape index (κ2) is 13.9. The van der Waals surface area contributed by atoms with Gasteiger partial charge >= 0.3 is 0 Å². The third-order valence-electron chi connectivity index (χ3n) is 9.94. The maximum absolute atomic E-state index is 13.2. The van der Waals surface area contributed by atoms with Crippen molar-refractivity contribution >= 4 is 29.6 Å². The number of fused-ring (bicyclic) bond motifs is 1. The van der Waals surface area contributed by atoms with Gasteiger partial charge in [-0.1, -0.05) is 0 Å². The Morgan fingerprint density at radius 1 is 1.08 bits per heavy atom. The smallest absolute Gasteiger partial charge is 0.274 e. The van der Waals surface area contributed by atoms with Crippen LogP contribution in [0, 0.1) is 6.92 Å². The average molecular weight is 654 g/mol. The molecular weight excluding hydrogens is 610 g/mol. The maximum atomic E-state index is 13.2. The molecule has 13 heteroatoms. The second-order valence-corrected chi connectivity index (χ2v) is 12.9. The fraction of sp³-hybridized carbons (Fsp3) is 0.457. The minimum atomic E-state index is -0.331. The number of nitrogens with one attached hydrogen (secondary N) is 1. The van der Waals surface area contributed by atoms with E-state index in [1.54, 1.807) is 48.9 Å². The summed E-state index contributed by atoms with van der Waals surface area (Å²) < 4.78 is 9.14. The molecular formula is C35H43N9O4. The van der Waals surface area contributed by atoms with Crippen LogP contribution < -0.4 is 20.7 Å². The van der Waals surface area contributed by atoms with Crippen molar-refractivity contribution in [3.8, 4) is 11.1 Å². The number of aliphatic hydroxyl groups excluding tert-OH is 1. The normalized spacial score (nSPS) is 16.8. The van der Waals surface area contributed by atoms with Gasteiger partial charge < -0.3 is 29.2 Å². The Morgan fingerprint density at radius 2 is 1.90 bits per heavy atom. The molecule has 0 saturated carbocycles. The fourth-order valence-corrected chi connectivity index (χ4v) is 7.19. The zero-order valence-electron chi connectivity index (χ0n) is 27.6. The van der Waals surface area contributed by atoms with E-state index < -0.39 is 0 Å². The van der Waals surface area contributed by atoms with Crippen molar-refractivity contribution in [1.29, 1.82) is 0 Å². The number of pyridine rings is 2. The number of nitrogens with zero attached hydrogens (tertiary/aromatic N) is 8. The number of piperazine rings is 1. The number of ether oxygens (including phenoxy) is 1. The van der Waals surface area contributed by atoms with Crippen molar-refractivity contribution in [2.75, 3.05) is 61.1 Å². The Hall–Kier alpha value is -4.59. The molecule has 2 N–H and O–H groups in total. The molecule has 0 radical (unpaired) electrons. The Labute approximate surface area is 279 Å². The van der Waals surface area contributed by atoms with Crippen LogP contribution in [0.1, 0.15) is 35.4 Å². The lowest BCUT2D eigenvalue weighted by Crippen LogP contribution is -2.56. The molecule has 2 saturated heterocycles. The Bertz CT molecular complexity index is 1820. The van der Waals surface area contributed by atoms with Crippen LogP contribution in [0.2, 0.25) is 0 Å². The van der Waals surface area contributed by atoms with E-state index in [0.29, 0.717) is 53.1 Å². The third-order valence-corrected chi connectivity index (χ3v) is 9.94. The van der Waals surface area contributed by atoms with Gasteiger partial charge in [0.15, 0.2) is 0 Å². The van der Waals surface area contributed by atoms with E-state index >= 15 is 0 Å². The highest BCUT2D eigenvalue weighted by Crippen LogP contribution is 2.31. The molecule has 13 nitrogen and oxygen atoms in total. The molecule has 252 valence electrons. The highest BCUT2D eigenvalue weighted by atomic mass is 16.5. The summed E-state index contributed by atoms with van der Waals surface area (Å²) in [5, 5.41) is 13.7. The second-order valence-electron chi connectivity index (χ2n) is 12.9. The van der Waals surface area contributed by atoms with E-state index in [4.69, 9.17) is 4.74 Å². The third kappa shape index (κ3) is 6.32. The van der Waals surface area contributed by atoms with E-state index in [1.165, 1.54) is 34.4 Å². The van der Waals surface area contributed by atoms with Gasteiger partial charge in [-0.3, -0.25) is 19.4 Å². The van der Waals surface area contributed by atoms with Crippen LogP contribution >= 0.6 is 0 Å². The quantitative estimate of drug-likeness (QED) is 0.233. The van der Waals surface area contributed by atoms with Crippen molar-refractivity contribution in [2.45, 2.75) is 51.8 Å². The zero-order valence-corrected chi connectivity index (χ0v) is 27.6. The van der Waals surface area contributed by atoms with Crippen molar-refractivity contribution in [3.05, 3.63) is 75.9 Å². The molecule has 4 aromatic heterocycles. The molecule has 0 unspecified atom stereocenters. The molecule has 2 aliphatic heterocycles. The minimum Gasteiger partial charge on any atom is -0.392 e. The van der Waals surface area contributed by atoms with E-state index in [9.17, 15) is 14.7 Å². The number of carbonyl (C=O) groups is 1. The molecule has 48 heavy (non-hydrogen) atoms. The van der Waals surface area contributed by atoms with Gasteiger partial charge in [0, 0.05) is 81.2 Å². The first-order valence-electron chi connectivity index (χ1n) is 16.8. The molecule has 0 spiro atoms. The molecule has 1 amide bonds. The summed E-state index contributed by atoms with van der Waals surface area (Å²) in [6.45, 7) is 8.13. The molecule has 0 aromatic carbocycles. The topological polar surface area (TPSA) is 134 Å². The zero-order chi connectivity index (χ0) is 33.2. The van der Waals surface area contributed by atoms with Crippen LogP contribution in [-0.4, -0.2) is 92.5 Å². The molecule has 0 bridgehead atoms. The summed E-state index contributed by atoms with van der Waals surface area (Å²) in [6, 6.07) is 6.32. The van der Waals surface area contributed by atoms with Crippen LogP contribution in [-0.2, 0) is 42.6 Å². The summed E-state index contributed by atoms with van der Waals surface area (Å²) in [7, 11) is 1.68. The number of carbonyl (C=O) groups excluding carboxylic acids is 1. The molecule has 0 atom stereocenters. The lowest BCUT2D eigenvalue weighted by molar-refractivity contribution is -0.107. The minimum absolute atomic E-state index is 0.236. The van der Waals surface area contributed by atoms with Crippen LogP contribution in [0.15, 0.2) is 47.8 Å². The summed E-state index contributed by atoms with van der Waals surface area (Å²) >= 11 is 0. The van der Waals surface area contributed by atoms with Gasteiger partial charge in [-0.05, 0) is 61.9 Å². The van der Waals surface area contributed by atoms with Crippen molar-refractivity contribution in [3.63, 3.8) is 0 Å². The number of anilines is 4. The number of hydrogen-bond acceptors (Lipinski definition) is 10. The maximum Gasteiger partial charge on any atom is 0.274 e. The van der Waals surface area contributed by atoms with E-state index in [1.807, 2.05) is 0 Å². The monoisotopic (exact) mass is 653 g/mol. The predicted molar refractivity (Wildman–Crippen MR) is 184 cm³/mol. The van der Waals surface area contributed by atoms with E-state index in [0.717, 1.165) is 64.5 Å². The summed E-state index contributed by atoms with van der Waals surface area (Å²) in [4.78, 5) is 45.6. The number of aryl methyl sites for hydroxylation is 3. The standard InChI is InChI=1S/C35H43N9O4/c1-24-15-25-5-3-4-6-31(25)44(24)14-13-43(23-46)34-29(20-45)28(7-8-36-34)26-16-30(35(47)40(2)19-26)39-32-17-38-33(18-37-32)42-11-9-41(10-12-42)27-21-48-22-27/h7-8,15-19,23,27,45H,3-6,9-14,20-22H2,1-2H3,(H,37,39). The van der Waals surface area contributed by atoms with E-state index in [-0.39, 0.29) is 12.2 Å². The number of aliphatic hydroxyl groups is 1. The van der Waals surface area contributed by atoms with Gasteiger partial charge in [-0.15, -0.1) is 0 Å². The molecule has 7 rings (SSSR count). The predicted octanol–water partition coefficient (Wildman–Crippen LogP) is 2.65. The lowest BCUT2D eigenvalue weighted by Gasteiger charge is -2.42. The summed E-state index contributed by atoms with van der Waals surface area (Å²) in [6.07, 6.45) is 12.0. The molecule has 1 aliphatic carbocycles. The van der Waals surface area contributed by atoms with Crippen molar-refractivity contribution in [2.24, 2.45) is 7.05 Å². The Kier molecular flexibility index (Phi) is 9.24.